The third-order valence-electron chi connectivity index (χ3n) is 6.71. The second kappa shape index (κ2) is 13.2. The smallest absolute Gasteiger partial charge is 0.410 e. The van der Waals surface area contributed by atoms with Gasteiger partial charge in [0.15, 0.2) is 0 Å². The number of hydrogen-bond donors (Lipinski definition) is 0. The molecule has 8 nitrogen and oxygen atoms in total. The Morgan fingerprint density at radius 1 is 0.905 bits per heavy atom. The summed E-state index contributed by atoms with van der Waals surface area (Å²) in [6, 6.07) is 18.9. The number of hydrogen-bond acceptors (Lipinski definition) is 5. The topological polar surface area (TPSA) is 79.4 Å². The van der Waals surface area contributed by atoms with Crippen LogP contribution in [0.4, 0.5) is 14.9 Å². The van der Waals surface area contributed by atoms with E-state index in [9.17, 15) is 18.8 Å². The van der Waals surface area contributed by atoms with Crippen LogP contribution in [0.2, 0.25) is 0 Å². The average molecular weight is 596 g/mol. The van der Waals surface area contributed by atoms with Crippen LogP contribution in [0.3, 0.4) is 0 Å². The molecule has 0 radical (unpaired) electrons. The minimum absolute atomic E-state index is 0.238. The summed E-state index contributed by atoms with van der Waals surface area (Å²) in [5.74, 6) is -0.491. The van der Waals surface area contributed by atoms with Gasteiger partial charge in [-0.25, -0.2) is 9.18 Å². The molecule has 0 aliphatic carbocycles. The number of benzene rings is 3. The van der Waals surface area contributed by atoms with E-state index in [-0.39, 0.29) is 38.0 Å². The van der Waals surface area contributed by atoms with Crippen molar-refractivity contribution in [3.63, 3.8) is 0 Å². The summed E-state index contributed by atoms with van der Waals surface area (Å²) in [5, 5.41) is 0. The first kappa shape index (κ1) is 30.8. The summed E-state index contributed by atoms with van der Waals surface area (Å²) >= 11 is 6.08. The summed E-state index contributed by atoms with van der Waals surface area (Å²) in [4.78, 5) is 44.7. The van der Waals surface area contributed by atoms with E-state index in [0.29, 0.717) is 28.3 Å². The van der Waals surface area contributed by atoms with E-state index in [2.05, 4.69) is 0 Å². The maximum absolute atomic E-state index is 14.2. The van der Waals surface area contributed by atoms with E-state index < -0.39 is 29.5 Å². The summed E-state index contributed by atoms with van der Waals surface area (Å²) in [7, 11) is 0. The van der Waals surface area contributed by atoms with Crippen molar-refractivity contribution in [1.29, 1.82) is 0 Å². The molecular formula is C32H35ClFN3O5. The first-order valence-electron chi connectivity index (χ1n) is 13.7. The molecule has 3 aromatic rings. The maximum atomic E-state index is 14.2. The van der Waals surface area contributed by atoms with Gasteiger partial charge in [0.25, 0.3) is 5.91 Å². The number of halogens is 2. The van der Waals surface area contributed by atoms with Crippen molar-refractivity contribution in [2.45, 2.75) is 39.3 Å². The molecule has 1 atom stereocenters. The maximum Gasteiger partial charge on any atom is 0.410 e. The van der Waals surface area contributed by atoms with Crippen LogP contribution < -0.4 is 9.64 Å². The number of amides is 3. The summed E-state index contributed by atoms with van der Waals surface area (Å²) in [5.41, 5.74) is 0.936. The molecule has 0 N–H and O–H groups in total. The summed E-state index contributed by atoms with van der Waals surface area (Å²) < 4.78 is 25.3. The minimum atomic E-state index is -1.12. The molecule has 42 heavy (non-hydrogen) atoms. The molecule has 3 aromatic carbocycles. The van der Waals surface area contributed by atoms with Crippen LogP contribution in [0.1, 0.15) is 37.9 Å². The molecule has 0 aromatic heterocycles. The van der Waals surface area contributed by atoms with Gasteiger partial charge in [-0.2, -0.15) is 0 Å². The van der Waals surface area contributed by atoms with Gasteiger partial charge < -0.3 is 19.3 Å². The predicted molar refractivity (Wildman–Crippen MR) is 159 cm³/mol. The average Bonchev–Trinajstić information content (AvgIpc) is 2.96. The Morgan fingerprint density at radius 2 is 1.52 bits per heavy atom. The van der Waals surface area contributed by atoms with Crippen LogP contribution >= 0.6 is 11.6 Å². The van der Waals surface area contributed by atoms with Gasteiger partial charge in [-0.1, -0.05) is 30.3 Å². The zero-order valence-electron chi connectivity index (χ0n) is 24.2. The number of alkyl halides is 1. The zero-order valence-corrected chi connectivity index (χ0v) is 24.9. The van der Waals surface area contributed by atoms with E-state index in [1.54, 1.807) is 48.8 Å². The van der Waals surface area contributed by atoms with Crippen LogP contribution in [0.5, 0.6) is 11.5 Å². The minimum Gasteiger partial charge on any atom is -0.457 e. The molecule has 0 bridgehead atoms. The highest BCUT2D eigenvalue weighted by atomic mass is 35.5. The Morgan fingerprint density at radius 3 is 2.10 bits per heavy atom. The molecule has 0 saturated carbocycles. The third kappa shape index (κ3) is 7.59. The quantitative estimate of drug-likeness (QED) is 0.299. The molecule has 10 heteroatoms. The highest BCUT2D eigenvalue weighted by Gasteiger charge is 2.38. The largest absolute Gasteiger partial charge is 0.457 e. The number of aryl methyl sites for hydroxylation is 1. The number of nitrogens with zero attached hydrogens (tertiary/aromatic N) is 3. The fourth-order valence-corrected chi connectivity index (χ4v) is 4.85. The molecule has 0 spiro atoms. The molecule has 1 saturated heterocycles. The number of carbonyl (C=O) groups excluding carboxylic acids is 3. The Kier molecular flexibility index (Phi) is 9.73. The Labute approximate surface area is 250 Å². The fourth-order valence-electron chi connectivity index (χ4n) is 4.72. The standard InChI is InChI=1S/C32H35ClFN3O5/c1-22-20-26(41-25-8-6-5-7-9-25)14-15-27(22)37(28(38)21-33)29(23-10-12-24(34)13-11-23)30(39)35-16-18-36(19-17-35)31(40)42-32(2,3)4/h5-15,20,29H,16-19,21H2,1-4H3/t29-/m0/s1. The second-order valence-corrected chi connectivity index (χ2v) is 11.3. The number of piperazine rings is 1. The van der Waals surface area contributed by atoms with Gasteiger partial charge in [0.05, 0.1) is 0 Å². The number of ether oxygens (including phenoxy) is 2. The van der Waals surface area contributed by atoms with Crippen molar-refractivity contribution in [1.82, 2.24) is 9.80 Å². The lowest BCUT2D eigenvalue weighted by Crippen LogP contribution is -2.54. The predicted octanol–water partition coefficient (Wildman–Crippen LogP) is 6.32. The van der Waals surface area contributed by atoms with Gasteiger partial charge in [0.1, 0.15) is 34.8 Å². The lowest BCUT2D eigenvalue weighted by atomic mass is 10.0. The first-order chi connectivity index (χ1) is 20.0. The molecule has 3 amide bonds. The highest BCUT2D eigenvalue weighted by Crippen LogP contribution is 2.35. The number of carbonyl (C=O) groups is 3. The van der Waals surface area contributed by atoms with Crippen LogP contribution in [0.25, 0.3) is 0 Å². The SMILES string of the molecule is Cc1cc(Oc2ccccc2)ccc1N(C(=O)CCl)[C@H](C(=O)N1CCN(C(=O)OC(C)(C)C)CC1)c1ccc(F)cc1. The van der Waals surface area contributed by atoms with E-state index in [1.165, 1.54) is 29.2 Å². The Bertz CT molecular complexity index is 1400. The monoisotopic (exact) mass is 595 g/mol. The molecule has 1 fully saturated rings. The van der Waals surface area contributed by atoms with Gasteiger partial charge in [-0.3, -0.25) is 14.5 Å². The van der Waals surface area contributed by atoms with Crippen LogP contribution in [0, 0.1) is 12.7 Å². The Hall–Kier alpha value is -4.11. The lowest BCUT2D eigenvalue weighted by Gasteiger charge is -2.39. The van der Waals surface area contributed by atoms with E-state index >= 15 is 0 Å². The van der Waals surface area contributed by atoms with Gasteiger partial charge in [-0.15, -0.1) is 11.6 Å². The molecule has 1 heterocycles. The van der Waals surface area contributed by atoms with Crippen molar-refractivity contribution in [2.75, 3.05) is 37.0 Å². The first-order valence-corrected chi connectivity index (χ1v) is 14.2. The van der Waals surface area contributed by atoms with E-state index in [4.69, 9.17) is 21.1 Å². The normalized spacial score (nSPS) is 14.2. The number of rotatable bonds is 7. The van der Waals surface area contributed by atoms with E-state index in [1.807, 2.05) is 37.3 Å². The van der Waals surface area contributed by atoms with Crippen LogP contribution in [-0.2, 0) is 14.3 Å². The van der Waals surface area contributed by atoms with Crippen LogP contribution in [-0.4, -0.2) is 65.4 Å². The fraction of sp³-hybridized carbons (Fsp3) is 0.344. The molecule has 1 aliphatic rings. The van der Waals surface area contributed by atoms with Crippen molar-refractivity contribution in [2.24, 2.45) is 0 Å². The van der Waals surface area contributed by atoms with E-state index in [0.717, 1.165) is 0 Å². The summed E-state index contributed by atoms with van der Waals surface area (Å²) in [6.07, 6.45) is -0.447. The second-order valence-electron chi connectivity index (χ2n) is 11.0. The number of para-hydroxylation sites is 1. The lowest BCUT2D eigenvalue weighted by molar-refractivity contribution is -0.136. The Balaban J connectivity index is 1.65. The third-order valence-corrected chi connectivity index (χ3v) is 6.94. The zero-order chi connectivity index (χ0) is 30.4. The van der Waals surface area contributed by atoms with Gasteiger partial charge in [0, 0.05) is 31.9 Å². The van der Waals surface area contributed by atoms with Crippen LogP contribution in [0.15, 0.2) is 72.8 Å². The molecule has 1 aliphatic heterocycles. The van der Waals surface area contributed by atoms with Gasteiger partial charge >= 0.3 is 6.09 Å². The molecule has 0 unspecified atom stereocenters. The van der Waals surface area contributed by atoms with Gasteiger partial charge in [-0.05, 0) is 81.3 Å². The van der Waals surface area contributed by atoms with Crippen molar-refractivity contribution < 1.29 is 28.2 Å². The van der Waals surface area contributed by atoms with Gasteiger partial charge in [0.2, 0.25) is 5.91 Å². The number of anilines is 1. The van der Waals surface area contributed by atoms with Crippen molar-refractivity contribution >= 4 is 35.2 Å². The van der Waals surface area contributed by atoms with Crippen molar-refractivity contribution in [3.8, 4) is 11.5 Å². The van der Waals surface area contributed by atoms with Crippen molar-refractivity contribution in [3.05, 3.63) is 89.7 Å². The molecule has 222 valence electrons. The highest BCUT2D eigenvalue weighted by molar-refractivity contribution is 6.30. The summed E-state index contributed by atoms with van der Waals surface area (Å²) in [6.45, 7) is 8.21. The molecular weight excluding hydrogens is 561 g/mol. The molecule has 4 rings (SSSR count).